The number of hydrogen-bond donors (Lipinski definition) is 0. The highest BCUT2D eigenvalue weighted by atomic mass is 16.7. The van der Waals surface area contributed by atoms with Gasteiger partial charge in [0.15, 0.2) is 6.79 Å². The maximum absolute atomic E-state index is 4.89. The molecule has 0 heterocycles. The molecule has 0 unspecified atom stereocenters. The number of methoxy groups -OCH3 is 2. The molecular weight excluding hydrogens is 120 g/mol. The second kappa shape index (κ2) is 5.59. The Morgan fingerprint density at radius 3 is 2.44 bits per heavy atom. The SMILES string of the molecule is C=C(COC)OCOC. The van der Waals surface area contributed by atoms with Crippen molar-refractivity contribution >= 4 is 0 Å². The van der Waals surface area contributed by atoms with Crippen LogP contribution in [0.5, 0.6) is 0 Å². The molecule has 0 rings (SSSR count). The summed E-state index contributed by atoms with van der Waals surface area (Å²) in [4.78, 5) is 0. The van der Waals surface area contributed by atoms with Gasteiger partial charge in [-0.3, -0.25) is 0 Å². The fourth-order valence-electron chi connectivity index (χ4n) is 0.345. The Bertz CT molecular complexity index is 80.4. The highest BCUT2D eigenvalue weighted by Gasteiger charge is 1.89. The Balaban J connectivity index is 3.06. The summed E-state index contributed by atoms with van der Waals surface area (Å²) in [5, 5.41) is 0. The molecule has 9 heavy (non-hydrogen) atoms. The van der Waals surface area contributed by atoms with E-state index in [9.17, 15) is 0 Å². The van der Waals surface area contributed by atoms with Crippen LogP contribution in [0.2, 0.25) is 0 Å². The minimum atomic E-state index is 0.238. The van der Waals surface area contributed by atoms with Crippen LogP contribution in [0.3, 0.4) is 0 Å². The first kappa shape index (κ1) is 8.46. The van der Waals surface area contributed by atoms with Gasteiger partial charge >= 0.3 is 0 Å². The molecule has 0 aliphatic carbocycles. The van der Waals surface area contributed by atoms with Crippen molar-refractivity contribution in [3.05, 3.63) is 12.3 Å². The molecule has 54 valence electrons. The van der Waals surface area contributed by atoms with Gasteiger partial charge in [0.2, 0.25) is 0 Å². The van der Waals surface area contributed by atoms with E-state index >= 15 is 0 Å². The summed E-state index contributed by atoms with van der Waals surface area (Å²) < 4.78 is 14.2. The highest BCUT2D eigenvalue weighted by Crippen LogP contribution is 1.91. The molecule has 0 saturated carbocycles. The fourth-order valence-corrected chi connectivity index (χ4v) is 0.345. The summed E-state index contributed by atoms with van der Waals surface area (Å²) in [6.45, 7) is 4.21. The first-order valence-corrected chi connectivity index (χ1v) is 2.59. The molecule has 0 amide bonds. The lowest BCUT2D eigenvalue weighted by atomic mass is 10.6. The van der Waals surface area contributed by atoms with E-state index in [0.717, 1.165) is 0 Å². The van der Waals surface area contributed by atoms with Crippen LogP contribution < -0.4 is 0 Å². The molecule has 0 aromatic heterocycles. The number of ether oxygens (including phenoxy) is 3. The van der Waals surface area contributed by atoms with E-state index in [1.54, 1.807) is 14.2 Å². The summed E-state index contributed by atoms with van der Waals surface area (Å²) in [7, 11) is 3.14. The molecule has 0 radical (unpaired) electrons. The monoisotopic (exact) mass is 132 g/mol. The topological polar surface area (TPSA) is 27.7 Å². The molecule has 0 bridgehead atoms. The van der Waals surface area contributed by atoms with E-state index in [0.29, 0.717) is 12.4 Å². The lowest BCUT2D eigenvalue weighted by Gasteiger charge is -2.05. The van der Waals surface area contributed by atoms with Crippen molar-refractivity contribution in [2.45, 2.75) is 0 Å². The molecule has 0 aromatic rings. The largest absolute Gasteiger partial charge is 0.470 e. The first-order chi connectivity index (χ1) is 4.31. The molecular formula is C6H12O3. The smallest absolute Gasteiger partial charge is 0.188 e. The maximum Gasteiger partial charge on any atom is 0.188 e. The van der Waals surface area contributed by atoms with Crippen molar-refractivity contribution in [3.63, 3.8) is 0 Å². The van der Waals surface area contributed by atoms with E-state index < -0.39 is 0 Å². The van der Waals surface area contributed by atoms with Crippen LogP contribution in [-0.4, -0.2) is 27.6 Å². The van der Waals surface area contributed by atoms with Gasteiger partial charge in [0.25, 0.3) is 0 Å². The van der Waals surface area contributed by atoms with Crippen molar-refractivity contribution in [2.75, 3.05) is 27.6 Å². The summed E-state index contributed by atoms with van der Waals surface area (Å²) in [6.07, 6.45) is 0. The van der Waals surface area contributed by atoms with Gasteiger partial charge < -0.3 is 14.2 Å². The number of hydrogen-bond acceptors (Lipinski definition) is 3. The fraction of sp³-hybridized carbons (Fsp3) is 0.667. The van der Waals surface area contributed by atoms with Gasteiger partial charge in [-0.25, -0.2) is 0 Å². The molecule has 0 N–H and O–H groups in total. The Morgan fingerprint density at radius 1 is 1.33 bits per heavy atom. The van der Waals surface area contributed by atoms with Crippen LogP contribution in [-0.2, 0) is 14.2 Å². The summed E-state index contributed by atoms with van der Waals surface area (Å²) >= 11 is 0. The van der Waals surface area contributed by atoms with Crippen LogP contribution >= 0.6 is 0 Å². The molecule has 0 saturated heterocycles. The van der Waals surface area contributed by atoms with E-state index in [-0.39, 0.29) is 6.79 Å². The molecule has 0 fully saturated rings. The third-order valence-electron chi connectivity index (χ3n) is 0.686. The quantitative estimate of drug-likeness (QED) is 0.408. The van der Waals surface area contributed by atoms with Crippen LogP contribution in [0, 0.1) is 0 Å². The molecule has 0 aromatic carbocycles. The minimum absolute atomic E-state index is 0.238. The van der Waals surface area contributed by atoms with Crippen molar-refractivity contribution in [3.8, 4) is 0 Å². The second-order valence-corrected chi connectivity index (χ2v) is 1.52. The van der Waals surface area contributed by atoms with Crippen molar-refractivity contribution in [1.29, 1.82) is 0 Å². The highest BCUT2D eigenvalue weighted by molar-refractivity contribution is 4.80. The van der Waals surface area contributed by atoms with Crippen LogP contribution in [0.25, 0.3) is 0 Å². The van der Waals surface area contributed by atoms with Gasteiger partial charge in [-0.05, 0) is 0 Å². The van der Waals surface area contributed by atoms with Gasteiger partial charge in [0.1, 0.15) is 12.4 Å². The Hall–Kier alpha value is -0.540. The van der Waals surface area contributed by atoms with Gasteiger partial charge in [-0.2, -0.15) is 0 Å². The zero-order valence-corrected chi connectivity index (χ0v) is 5.85. The Morgan fingerprint density at radius 2 is 2.00 bits per heavy atom. The predicted molar refractivity (Wildman–Crippen MR) is 34.0 cm³/mol. The molecule has 3 heteroatoms. The zero-order chi connectivity index (χ0) is 7.11. The molecule has 0 spiro atoms. The standard InChI is InChI=1S/C6H12O3/c1-6(4-7-2)9-5-8-3/h1,4-5H2,2-3H3. The van der Waals surface area contributed by atoms with Crippen molar-refractivity contribution in [1.82, 2.24) is 0 Å². The van der Waals surface area contributed by atoms with Crippen LogP contribution in [0.15, 0.2) is 12.3 Å². The maximum atomic E-state index is 4.89. The predicted octanol–water partition coefficient (Wildman–Crippen LogP) is 0.767. The average molecular weight is 132 g/mol. The van der Waals surface area contributed by atoms with Crippen LogP contribution in [0.1, 0.15) is 0 Å². The zero-order valence-electron chi connectivity index (χ0n) is 5.85. The van der Waals surface area contributed by atoms with E-state index in [1.807, 2.05) is 0 Å². The van der Waals surface area contributed by atoms with E-state index in [1.165, 1.54) is 0 Å². The van der Waals surface area contributed by atoms with Gasteiger partial charge in [0, 0.05) is 14.2 Å². The van der Waals surface area contributed by atoms with Gasteiger partial charge in [-0.15, -0.1) is 0 Å². The third kappa shape index (κ3) is 5.33. The van der Waals surface area contributed by atoms with E-state index in [2.05, 4.69) is 11.3 Å². The van der Waals surface area contributed by atoms with Crippen molar-refractivity contribution < 1.29 is 14.2 Å². The first-order valence-electron chi connectivity index (χ1n) is 2.59. The summed E-state index contributed by atoms with van der Waals surface area (Å²) in [5.41, 5.74) is 0. The van der Waals surface area contributed by atoms with Crippen molar-refractivity contribution in [2.24, 2.45) is 0 Å². The van der Waals surface area contributed by atoms with E-state index in [4.69, 9.17) is 9.47 Å². The average Bonchev–Trinajstić information content (AvgIpc) is 1.85. The molecule has 0 aliphatic rings. The minimum Gasteiger partial charge on any atom is -0.470 e. The molecule has 0 aliphatic heterocycles. The Kier molecular flexibility index (Phi) is 5.26. The lowest BCUT2D eigenvalue weighted by Crippen LogP contribution is -2.00. The molecule has 0 atom stereocenters. The normalized spacial score (nSPS) is 9.11. The Labute approximate surface area is 55.2 Å². The molecule has 3 nitrogen and oxygen atoms in total. The second-order valence-electron chi connectivity index (χ2n) is 1.52. The number of rotatable bonds is 5. The summed E-state index contributed by atoms with van der Waals surface area (Å²) in [6, 6.07) is 0. The van der Waals surface area contributed by atoms with Gasteiger partial charge in [-0.1, -0.05) is 6.58 Å². The third-order valence-corrected chi connectivity index (χ3v) is 0.686. The lowest BCUT2D eigenvalue weighted by molar-refractivity contribution is -0.00752. The summed E-state index contributed by atoms with van der Waals surface area (Å²) in [5.74, 6) is 0.583. The van der Waals surface area contributed by atoms with Gasteiger partial charge in [0.05, 0.1) is 0 Å². The van der Waals surface area contributed by atoms with Crippen LogP contribution in [0.4, 0.5) is 0 Å².